The molecule has 1 aromatic rings. The molecule has 2 N–H and O–H groups in total. The largest absolute Gasteiger partial charge is 0.488 e. The molecule has 0 bridgehead atoms. The van der Waals surface area contributed by atoms with E-state index in [-0.39, 0.29) is 42.6 Å². The van der Waals surface area contributed by atoms with E-state index in [9.17, 15) is 36.3 Å². The number of carbonyl (C=O) groups excluding carboxylic acids is 2. The van der Waals surface area contributed by atoms with Crippen molar-refractivity contribution in [1.29, 1.82) is 0 Å². The van der Waals surface area contributed by atoms with E-state index in [0.717, 1.165) is 10.6 Å². The molecule has 0 spiro atoms. The van der Waals surface area contributed by atoms with Gasteiger partial charge in [-0.3, -0.25) is 9.59 Å². The van der Waals surface area contributed by atoms with Crippen LogP contribution in [0.25, 0.3) is 0 Å². The molecule has 13 heteroatoms. The number of sulfonamides is 1. The van der Waals surface area contributed by atoms with E-state index in [1.807, 2.05) is 0 Å². The van der Waals surface area contributed by atoms with E-state index >= 15 is 0 Å². The van der Waals surface area contributed by atoms with Crippen LogP contribution in [-0.4, -0.2) is 85.9 Å². The first-order valence-corrected chi connectivity index (χ1v) is 12.5. The van der Waals surface area contributed by atoms with Crippen molar-refractivity contribution < 1.29 is 41.0 Å². The summed E-state index contributed by atoms with van der Waals surface area (Å²) in [5, 5.41) is 12.0. The molecule has 0 radical (unpaired) electrons. The summed E-state index contributed by atoms with van der Waals surface area (Å²) in [5.41, 5.74) is 0.144. The molecule has 3 atom stereocenters. The standard InChI is InChI=1S/C21H30F3N3O6S/c1-13-10-27(14(2)12-28)20(30)16-9-15(25-19(29)7-8-21(22,23)24)5-6-17(16)33-18(13)11-26(3)34(4,31)32/h5-6,9,13-14,18,28H,7-8,10-12H2,1-4H3,(H,25,29)/t13-,14-,18-/m0/s1. The van der Waals surface area contributed by atoms with Crippen molar-refractivity contribution in [3.8, 4) is 5.75 Å². The number of aliphatic hydroxyl groups excluding tert-OH is 1. The van der Waals surface area contributed by atoms with Gasteiger partial charge in [0.05, 0.1) is 37.4 Å². The number of hydrogen-bond donors (Lipinski definition) is 2. The summed E-state index contributed by atoms with van der Waals surface area (Å²) in [6, 6.07) is 3.52. The number of nitrogens with zero attached hydrogens (tertiary/aromatic N) is 2. The fourth-order valence-electron chi connectivity index (χ4n) is 3.39. The zero-order valence-corrected chi connectivity index (χ0v) is 20.2. The molecular weight excluding hydrogens is 479 g/mol. The summed E-state index contributed by atoms with van der Waals surface area (Å²) in [6.45, 7) is 3.28. The van der Waals surface area contributed by atoms with Crippen LogP contribution in [0.4, 0.5) is 18.9 Å². The number of rotatable bonds is 8. The van der Waals surface area contributed by atoms with Gasteiger partial charge in [-0.25, -0.2) is 12.7 Å². The number of carbonyl (C=O) groups is 2. The third-order valence-corrected chi connectivity index (χ3v) is 6.87. The van der Waals surface area contributed by atoms with Crippen molar-refractivity contribution in [2.45, 2.75) is 45.0 Å². The number of halogens is 3. The highest BCUT2D eigenvalue weighted by atomic mass is 32.2. The smallest absolute Gasteiger partial charge is 0.389 e. The number of ether oxygens (including phenoxy) is 1. The Kier molecular flexibility index (Phi) is 8.94. The molecule has 2 rings (SSSR count). The molecule has 0 saturated carbocycles. The Bertz CT molecular complexity index is 1000. The molecule has 1 aliphatic heterocycles. The summed E-state index contributed by atoms with van der Waals surface area (Å²) in [4.78, 5) is 26.6. The van der Waals surface area contributed by atoms with E-state index in [4.69, 9.17) is 4.74 Å². The fourth-order valence-corrected chi connectivity index (χ4v) is 3.80. The van der Waals surface area contributed by atoms with Gasteiger partial charge in [-0.2, -0.15) is 13.2 Å². The summed E-state index contributed by atoms with van der Waals surface area (Å²) in [5.74, 6) is -1.54. The highest BCUT2D eigenvalue weighted by molar-refractivity contribution is 7.88. The Morgan fingerprint density at radius 2 is 2.03 bits per heavy atom. The Morgan fingerprint density at radius 1 is 1.38 bits per heavy atom. The first-order valence-electron chi connectivity index (χ1n) is 10.6. The van der Waals surface area contributed by atoms with Gasteiger partial charge in [0.1, 0.15) is 11.9 Å². The van der Waals surface area contributed by atoms with Gasteiger partial charge in [-0.15, -0.1) is 0 Å². The molecule has 1 aromatic carbocycles. The van der Waals surface area contributed by atoms with Crippen LogP contribution < -0.4 is 10.1 Å². The van der Waals surface area contributed by atoms with E-state index in [1.54, 1.807) is 13.8 Å². The summed E-state index contributed by atoms with van der Waals surface area (Å²) in [6.07, 6.45) is -6.10. The summed E-state index contributed by atoms with van der Waals surface area (Å²) in [7, 11) is -2.09. The minimum Gasteiger partial charge on any atom is -0.488 e. The Labute approximate surface area is 196 Å². The number of hydrogen-bond acceptors (Lipinski definition) is 6. The number of fused-ring (bicyclic) bond motifs is 1. The molecule has 0 aromatic heterocycles. The Morgan fingerprint density at radius 3 is 2.59 bits per heavy atom. The minimum absolute atomic E-state index is 0.00487. The van der Waals surface area contributed by atoms with Crippen LogP contribution in [-0.2, 0) is 14.8 Å². The quantitative estimate of drug-likeness (QED) is 0.554. The second-order valence-electron chi connectivity index (χ2n) is 8.54. The highest BCUT2D eigenvalue weighted by Gasteiger charge is 2.34. The van der Waals surface area contributed by atoms with Crippen molar-refractivity contribution in [2.24, 2.45) is 5.92 Å². The first kappa shape index (κ1) is 27.9. The van der Waals surface area contributed by atoms with Gasteiger partial charge in [0, 0.05) is 31.6 Å². The van der Waals surface area contributed by atoms with E-state index in [0.29, 0.717) is 0 Å². The molecule has 9 nitrogen and oxygen atoms in total. The van der Waals surface area contributed by atoms with Gasteiger partial charge >= 0.3 is 6.18 Å². The Hall–Kier alpha value is -2.38. The molecule has 0 unspecified atom stereocenters. The maximum Gasteiger partial charge on any atom is 0.389 e. The maximum absolute atomic E-state index is 13.3. The Balaban J connectivity index is 2.39. The number of anilines is 1. The van der Waals surface area contributed by atoms with Crippen molar-refractivity contribution in [3.05, 3.63) is 23.8 Å². The average Bonchev–Trinajstić information content (AvgIpc) is 2.73. The van der Waals surface area contributed by atoms with Crippen LogP contribution in [0, 0.1) is 5.92 Å². The lowest BCUT2D eigenvalue weighted by atomic mass is 9.99. The second kappa shape index (κ2) is 10.9. The minimum atomic E-state index is -4.47. The molecule has 2 amide bonds. The average molecular weight is 510 g/mol. The van der Waals surface area contributed by atoms with Gasteiger partial charge in [0.25, 0.3) is 5.91 Å². The molecule has 34 heavy (non-hydrogen) atoms. The van der Waals surface area contributed by atoms with Crippen LogP contribution in [0.1, 0.15) is 37.0 Å². The lowest BCUT2D eigenvalue weighted by Crippen LogP contribution is -2.50. The summed E-state index contributed by atoms with van der Waals surface area (Å²) < 4.78 is 68.1. The van der Waals surface area contributed by atoms with Gasteiger partial charge in [-0.05, 0) is 25.1 Å². The molecular formula is C21H30F3N3O6S. The van der Waals surface area contributed by atoms with Crippen molar-refractivity contribution in [3.63, 3.8) is 0 Å². The predicted octanol–water partition coefficient (Wildman–Crippen LogP) is 2.08. The molecule has 192 valence electrons. The molecule has 0 fully saturated rings. The topological polar surface area (TPSA) is 116 Å². The molecule has 1 aliphatic rings. The number of amides is 2. The zero-order valence-electron chi connectivity index (χ0n) is 19.4. The SMILES string of the molecule is C[C@H]1CN([C@@H](C)CO)C(=O)c2cc(NC(=O)CCC(F)(F)F)ccc2O[C@H]1CN(C)S(C)(=O)=O. The number of nitrogens with one attached hydrogen (secondary N) is 1. The number of aliphatic hydroxyl groups is 1. The second-order valence-corrected chi connectivity index (χ2v) is 10.6. The summed E-state index contributed by atoms with van der Waals surface area (Å²) >= 11 is 0. The van der Waals surface area contributed by atoms with Gasteiger partial charge < -0.3 is 20.1 Å². The first-order chi connectivity index (χ1) is 15.6. The van der Waals surface area contributed by atoms with E-state index < -0.39 is 53.0 Å². The molecule has 0 aliphatic carbocycles. The number of benzene rings is 1. The lowest BCUT2D eigenvalue weighted by Gasteiger charge is -2.38. The van der Waals surface area contributed by atoms with Crippen LogP contribution in [0.2, 0.25) is 0 Å². The van der Waals surface area contributed by atoms with Crippen molar-refractivity contribution in [2.75, 3.05) is 38.3 Å². The van der Waals surface area contributed by atoms with Crippen LogP contribution in [0.5, 0.6) is 5.75 Å². The van der Waals surface area contributed by atoms with E-state index in [1.165, 1.54) is 30.1 Å². The van der Waals surface area contributed by atoms with E-state index in [2.05, 4.69) is 5.32 Å². The van der Waals surface area contributed by atoms with Crippen molar-refractivity contribution in [1.82, 2.24) is 9.21 Å². The number of likely N-dealkylation sites (N-methyl/N-ethyl adjacent to an activating group) is 1. The van der Waals surface area contributed by atoms with Crippen LogP contribution in [0.3, 0.4) is 0 Å². The predicted molar refractivity (Wildman–Crippen MR) is 119 cm³/mol. The maximum atomic E-state index is 13.3. The third-order valence-electron chi connectivity index (χ3n) is 5.59. The molecule has 1 heterocycles. The normalized spacial score (nSPS) is 20.3. The van der Waals surface area contributed by atoms with Crippen LogP contribution >= 0.6 is 0 Å². The zero-order chi connectivity index (χ0) is 25.8. The van der Waals surface area contributed by atoms with Gasteiger partial charge in [0.15, 0.2) is 0 Å². The number of alkyl halides is 3. The fraction of sp³-hybridized carbons (Fsp3) is 0.619. The lowest BCUT2D eigenvalue weighted by molar-refractivity contribution is -0.142. The third kappa shape index (κ3) is 7.57. The van der Waals surface area contributed by atoms with Crippen LogP contribution in [0.15, 0.2) is 18.2 Å². The monoisotopic (exact) mass is 509 g/mol. The van der Waals surface area contributed by atoms with Crippen molar-refractivity contribution >= 4 is 27.5 Å². The molecule has 0 saturated heterocycles. The van der Waals surface area contributed by atoms with Gasteiger partial charge in [0.2, 0.25) is 15.9 Å². The van der Waals surface area contributed by atoms with Gasteiger partial charge in [-0.1, -0.05) is 6.92 Å². The highest BCUT2D eigenvalue weighted by Crippen LogP contribution is 2.31.